The maximum absolute atomic E-state index is 6.28. The van der Waals surface area contributed by atoms with Gasteiger partial charge in [0.25, 0.3) is 0 Å². The van der Waals surface area contributed by atoms with E-state index < -0.39 is 0 Å². The molecule has 19 heavy (non-hydrogen) atoms. The predicted octanol–water partition coefficient (Wildman–Crippen LogP) is 3.90. The molecule has 1 aliphatic carbocycles. The van der Waals surface area contributed by atoms with Crippen LogP contribution in [0, 0.1) is 0 Å². The van der Waals surface area contributed by atoms with Crippen molar-refractivity contribution in [3.05, 3.63) is 34.5 Å². The van der Waals surface area contributed by atoms with Crippen molar-refractivity contribution < 1.29 is 0 Å². The Morgan fingerprint density at radius 3 is 2.26 bits per heavy atom. The van der Waals surface area contributed by atoms with E-state index in [2.05, 4.69) is 19.9 Å². The molecule has 0 radical (unpaired) electrons. The topological polar surface area (TPSA) is 51.6 Å². The molecular weight excluding hydrogens is 283 g/mol. The third-order valence-corrected chi connectivity index (χ3v) is 3.98. The van der Waals surface area contributed by atoms with E-state index >= 15 is 0 Å². The zero-order valence-corrected chi connectivity index (χ0v) is 11.7. The molecule has 0 aromatic carbocycles. The quantitative estimate of drug-likeness (QED) is 0.788. The van der Waals surface area contributed by atoms with Gasteiger partial charge >= 0.3 is 0 Å². The van der Waals surface area contributed by atoms with Crippen LogP contribution in [0.5, 0.6) is 0 Å². The summed E-state index contributed by atoms with van der Waals surface area (Å²) in [6, 6.07) is 0. The second-order valence-electron chi connectivity index (χ2n) is 4.61. The zero-order valence-electron chi connectivity index (χ0n) is 10.2. The van der Waals surface area contributed by atoms with E-state index in [4.69, 9.17) is 23.2 Å². The fraction of sp³-hybridized carbons (Fsp3) is 0.385. The number of halogens is 2. The number of nitrogens with zero attached hydrogens (tertiary/aromatic N) is 4. The van der Waals surface area contributed by atoms with Crippen molar-refractivity contribution in [2.75, 3.05) is 0 Å². The smallest absolute Gasteiger partial charge is 0.182 e. The molecule has 0 amide bonds. The van der Waals surface area contributed by atoms with Gasteiger partial charge in [-0.3, -0.25) is 4.98 Å². The van der Waals surface area contributed by atoms with Crippen LogP contribution in [0.25, 0.3) is 11.5 Å². The average molecular weight is 295 g/mol. The summed E-state index contributed by atoms with van der Waals surface area (Å²) in [6.07, 6.45) is 9.41. The van der Waals surface area contributed by atoms with Gasteiger partial charge in [-0.25, -0.2) is 15.0 Å². The third-order valence-electron chi connectivity index (χ3n) is 3.41. The summed E-state index contributed by atoms with van der Waals surface area (Å²) in [7, 11) is 0. The Morgan fingerprint density at radius 1 is 1.00 bits per heavy atom. The molecule has 1 aliphatic rings. The first-order chi connectivity index (χ1) is 9.25. The van der Waals surface area contributed by atoms with Gasteiger partial charge in [0.1, 0.15) is 16.0 Å². The van der Waals surface area contributed by atoms with Crippen LogP contribution >= 0.6 is 23.2 Å². The molecule has 0 saturated heterocycles. The minimum Gasteiger partial charge on any atom is -0.261 e. The molecule has 0 N–H and O–H groups in total. The molecule has 0 bridgehead atoms. The van der Waals surface area contributed by atoms with Gasteiger partial charge in [0.2, 0.25) is 0 Å². The molecule has 98 valence electrons. The number of aromatic nitrogens is 4. The second kappa shape index (κ2) is 5.39. The number of hydrogen-bond donors (Lipinski definition) is 0. The van der Waals surface area contributed by atoms with Gasteiger partial charge in [0.05, 0.1) is 6.20 Å². The first kappa shape index (κ1) is 12.8. The van der Waals surface area contributed by atoms with Crippen LogP contribution in [-0.2, 0) is 0 Å². The summed E-state index contributed by atoms with van der Waals surface area (Å²) in [4.78, 5) is 16.8. The molecule has 3 rings (SSSR count). The molecule has 4 nitrogen and oxygen atoms in total. The third kappa shape index (κ3) is 2.55. The van der Waals surface area contributed by atoms with Crippen LogP contribution in [0.3, 0.4) is 0 Å². The monoisotopic (exact) mass is 294 g/mol. The van der Waals surface area contributed by atoms with Crippen molar-refractivity contribution in [1.29, 1.82) is 0 Å². The Morgan fingerprint density at radius 2 is 1.68 bits per heavy atom. The molecular formula is C13H12Cl2N4. The number of rotatable bonds is 2. The van der Waals surface area contributed by atoms with Crippen molar-refractivity contribution in [2.24, 2.45) is 0 Å². The van der Waals surface area contributed by atoms with Gasteiger partial charge < -0.3 is 0 Å². The molecule has 1 saturated carbocycles. The SMILES string of the molecule is Clc1nc(-c2cnccn2)nc(Cl)c1C1CCCC1. The lowest BCUT2D eigenvalue weighted by molar-refractivity contribution is 0.715. The Bertz CT molecular complexity index is 559. The standard InChI is InChI=1S/C13H12Cl2N4/c14-11-10(8-3-1-2-4-8)12(15)19-13(18-11)9-7-16-5-6-17-9/h5-8H,1-4H2. The predicted molar refractivity (Wildman–Crippen MR) is 74.3 cm³/mol. The Hall–Kier alpha value is -1.26. The maximum atomic E-state index is 6.28. The van der Waals surface area contributed by atoms with Gasteiger partial charge in [-0.05, 0) is 18.8 Å². The van der Waals surface area contributed by atoms with Crippen LogP contribution in [0.2, 0.25) is 10.3 Å². The van der Waals surface area contributed by atoms with Crippen LogP contribution in [0.4, 0.5) is 0 Å². The highest BCUT2D eigenvalue weighted by Gasteiger charge is 2.24. The van der Waals surface area contributed by atoms with Crippen molar-refractivity contribution in [3.8, 4) is 11.5 Å². The molecule has 0 atom stereocenters. The van der Waals surface area contributed by atoms with E-state index in [1.165, 1.54) is 12.8 Å². The van der Waals surface area contributed by atoms with Crippen molar-refractivity contribution in [1.82, 2.24) is 19.9 Å². The van der Waals surface area contributed by atoms with Gasteiger partial charge in [0.15, 0.2) is 5.82 Å². The summed E-state index contributed by atoms with van der Waals surface area (Å²) >= 11 is 12.6. The first-order valence-electron chi connectivity index (χ1n) is 6.25. The van der Waals surface area contributed by atoms with E-state index in [1.54, 1.807) is 18.6 Å². The van der Waals surface area contributed by atoms with Crippen molar-refractivity contribution in [2.45, 2.75) is 31.6 Å². The minimum atomic E-state index is 0.385. The van der Waals surface area contributed by atoms with E-state index in [-0.39, 0.29) is 0 Å². The zero-order chi connectivity index (χ0) is 13.2. The van der Waals surface area contributed by atoms with Gasteiger partial charge in [-0.15, -0.1) is 0 Å². The highest BCUT2D eigenvalue weighted by atomic mass is 35.5. The van der Waals surface area contributed by atoms with Gasteiger partial charge in [-0.1, -0.05) is 36.0 Å². The van der Waals surface area contributed by atoms with Crippen LogP contribution in [-0.4, -0.2) is 19.9 Å². The van der Waals surface area contributed by atoms with E-state index in [1.807, 2.05) is 0 Å². The van der Waals surface area contributed by atoms with E-state index in [0.29, 0.717) is 27.7 Å². The number of hydrogen-bond acceptors (Lipinski definition) is 4. The van der Waals surface area contributed by atoms with Gasteiger partial charge in [0, 0.05) is 18.0 Å². The van der Waals surface area contributed by atoms with E-state index in [9.17, 15) is 0 Å². The first-order valence-corrected chi connectivity index (χ1v) is 7.00. The largest absolute Gasteiger partial charge is 0.261 e. The van der Waals surface area contributed by atoms with E-state index in [0.717, 1.165) is 18.4 Å². The minimum absolute atomic E-state index is 0.385. The molecule has 1 fully saturated rings. The summed E-state index contributed by atoms with van der Waals surface area (Å²) < 4.78 is 0. The molecule has 0 unspecified atom stereocenters. The lowest BCUT2D eigenvalue weighted by Gasteiger charge is -2.13. The van der Waals surface area contributed by atoms with Gasteiger partial charge in [-0.2, -0.15) is 0 Å². The summed E-state index contributed by atoms with van der Waals surface area (Å²) in [5, 5.41) is 0.875. The average Bonchev–Trinajstić information content (AvgIpc) is 2.93. The van der Waals surface area contributed by atoms with Crippen LogP contribution in [0.1, 0.15) is 37.2 Å². The highest BCUT2D eigenvalue weighted by Crippen LogP contribution is 2.40. The molecule has 0 aliphatic heterocycles. The summed E-state index contributed by atoms with van der Waals surface area (Å²) in [5.41, 5.74) is 1.46. The highest BCUT2D eigenvalue weighted by molar-refractivity contribution is 6.34. The summed E-state index contributed by atoms with van der Waals surface area (Å²) in [5.74, 6) is 0.806. The Kier molecular flexibility index (Phi) is 3.62. The molecule has 2 aromatic rings. The second-order valence-corrected chi connectivity index (χ2v) is 5.33. The molecule has 2 aromatic heterocycles. The fourth-order valence-electron chi connectivity index (χ4n) is 2.50. The lowest BCUT2D eigenvalue weighted by atomic mass is 10.0. The Balaban J connectivity index is 2.02. The lowest BCUT2D eigenvalue weighted by Crippen LogP contribution is -2.02. The normalized spacial score (nSPS) is 15.9. The Labute approximate surface area is 121 Å². The van der Waals surface area contributed by atoms with Crippen molar-refractivity contribution in [3.63, 3.8) is 0 Å². The molecule has 6 heteroatoms. The molecule has 0 spiro atoms. The maximum Gasteiger partial charge on any atom is 0.182 e. The molecule has 2 heterocycles. The summed E-state index contributed by atoms with van der Waals surface area (Å²) in [6.45, 7) is 0. The van der Waals surface area contributed by atoms with Crippen LogP contribution < -0.4 is 0 Å². The fourth-order valence-corrected chi connectivity index (χ4v) is 3.19. The van der Waals surface area contributed by atoms with Crippen molar-refractivity contribution >= 4 is 23.2 Å². The van der Waals surface area contributed by atoms with Crippen LogP contribution in [0.15, 0.2) is 18.6 Å².